The van der Waals surface area contributed by atoms with Crippen LogP contribution >= 0.6 is 0 Å². The van der Waals surface area contributed by atoms with Gasteiger partial charge in [-0.1, -0.05) is 26.2 Å². The lowest BCUT2D eigenvalue weighted by Crippen LogP contribution is -2.27. The second-order valence-electron chi connectivity index (χ2n) is 4.72. The molecule has 2 atom stereocenters. The largest absolute Gasteiger partial charge is 0.366 e. The third-order valence-corrected chi connectivity index (χ3v) is 3.49. The lowest BCUT2D eigenvalue weighted by Gasteiger charge is -2.29. The van der Waals surface area contributed by atoms with Crippen LogP contribution in [-0.4, -0.2) is 16.0 Å². The summed E-state index contributed by atoms with van der Waals surface area (Å²) in [4.78, 5) is 8.42. The molecule has 0 saturated heterocycles. The average Bonchev–Trinajstić information content (AvgIpc) is 2.39. The van der Waals surface area contributed by atoms with Crippen LogP contribution in [0.5, 0.6) is 0 Å². The van der Waals surface area contributed by atoms with Gasteiger partial charge in [-0.2, -0.15) is 0 Å². The highest BCUT2D eigenvalue weighted by Gasteiger charge is 2.20. The fraction of sp³-hybridized carbons (Fsp3) is 0.667. The fourth-order valence-corrected chi connectivity index (χ4v) is 2.51. The third-order valence-electron chi connectivity index (χ3n) is 3.49. The third kappa shape index (κ3) is 3.30. The molecule has 1 aliphatic rings. The Morgan fingerprint density at radius 3 is 2.94 bits per heavy atom. The summed E-state index contributed by atoms with van der Waals surface area (Å²) >= 11 is 0. The number of anilines is 2. The number of nitrogens with two attached hydrogens (primary N) is 1. The molecule has 0 bridgehead atoms. The van der Waals surface area contributed by atoms with Gasteiger partial charge in [0.05, 0.1) is 12.4 Å². The zero-order valence-electron chi connectivity index (χ0n) is 10.3. The highest BCUT2D eigenvalue weighted by Crippen LogP contribution is 2.28. The highest BCUT2D eigenvalue weighted by atomic mass is 15.3. The van der Waals surface area contributed by atoms with E-state index >= 15 is 0 Å². The molecule has 0 aromatic carbocycles. The zero-order chi connectivity index (χ0) is 12.1. The lowest BCUT2D eigenvalue weighted by atomic mass is 9.84. The standard InChI is InChI=1S/C12H21N5/c1-2-9-4-3-5-10(6-9)15-11-7-14-8-12(16-11)17-13/h7-10H,2-6,13H2,1H3,(H2,15,16,17). The van der Waals surface area contributed by atoms with Crippen LogP contribution < -0.4 is 16.6 Å². The summed E-state index contributed by atoms with van der Waals surface area (Å²) in [5, 5.41) is 3.45. The van der Waals surface area contributed by atoms with Crippen LogP contribution in [0.1, 0.15) is 39.0 Å². The molecule has 1 heterocycles. The molecule has 2 rings (SSSR count). The van der Waals surface area contributed by atoms with E-state index in [-0.39, 0.29) is 0 Å². The van der Waals surface area contributed by atoms with Crippen molar-refractivity contribution in [2.45, 2.75) is 45.1 Å². The van der Waals surface area contributed by atoms with Crippen molar-refractivity contribution >= 4 is 11.6 Å². The first kappa shape index (κ1) is 12.1. The van der Waals surface area contributed by atoms with Gasteiger partial charge in [0.15, 0.2) is 5.82 Å². The van der Waals surface area contributed by atoms with Gasteiger partial charge < -0.3 is 10.7 Å². The lowest BCUT2D eigenvalue weighted by molar-refractivity contribution is 0.327. The van der Waals surface area contributed by atoms with E-state index in [0.29, 0.717) is 11.9 Å². The van der Waals surface area contributed by atoms with Crippen LogP contribution in [-0.2, 0) is 0 Å². The normalized spacial score (nSPS) is 24.4. The highest BCUT2D eigenvalue weighted by molar-refractivity contribution is 5.41. The summed E-state index contributed by atoms with van der Waals surface area (Å²) in [5.41, 5.74) is 2.51. The van der Waals surface area contributed by atoms with Gasteiger partial charge in [-0.25, -0.2) is 10.8 Å². The molecule has 0 radical (unpaired) electrons. The number of hydrazine groups is 1. The Morgan fingerprint density at radius 2 is 2.18 bits per heavy atom. The molecule has 2 unspecified atom stereocenters. The minimum absolute atomic E-state index is 0.524. The Kier molecular flexibility index (Phi) is 4.14. The van der Waals surface area contributed by atoms with Gasteiger partial charge in [-0.3, -0.25) is 4.98 Å². The van der Waals surface area contributed by atoms with Crippen molar-refractivity contribution in [2.24, 2.45) is 11.8 Å². The van der Waals surface area contributed by atoms with Gasteiger partial charge in [0, 0.05) is 6.04 Å². The number of rotatable bonds is 4. The molecular weight excluding hydrogens is 214 g/mol. The van der Waals surface area contributed by atoms with E-state index in [0.717, 1.165) is 11.7 Å². The summed E-state index contributed by atoms with van der Waals surface area (Å²) in [7, 11) is 0. The van der Waals surface area contributed by atoms with Gasteiger partial charge in [0.2, 0.25) is 0 Å². The average molecular weight is 235 g/mol. The van der Waals surface area contributed by atoms with Crippen molar-refractivity contribution in [3.63, 3.8) is 0 Å². The first-order chi connectivity index (χ1) is 8.31. The minimum atomic E-state index is 0.524. The molecule has 1 aliphatic carbocycles. The number of aromatic nitrogens is 2. The van der Waals surface area contributed by atoms with E-state index in [1.54, 1.807) is 12.4 Å². The molecule has 0 amide bonds. The summed E-state index contributed by atoms with van der Waals surface area (Å²) in [6, 6.07) is 0.524. The molecule has 1 aromatic rings. The molecule has 5 nitrogen and oxygen atoms in total. The summed E-state index contributed by atoms with van der Waals surface area (Å²) in [6.45, 7) is 2.27. The number of hydrogen-bond acceptors (Lipinski definition) is 5. The van der Waals surface area contributed by atoms with Crippen LogP contribution in [0.2, 0.25) is 0 Å². The van der Waals surface area contributed by atoms with Crippen molar-refractivity contribution in [1.82, 2.24) is 9.97 Å². The molecule has 0 spiro atoms. The number of nitrogens with zero attached hydrogens (tertiary/aromatic N) is 2. The Bertz CT molecular complexity index is 355. The predicted molar refractivity (Wildman–Crippen MR) is 69.5 cm³/mol. The quantitative estimate of drug-likeness (QED) is 0.550. The zero-order valence-corrected chi connectivity index (χ0v) is 10.3. The maximum atomic E-state index is 5.32. The monoisotopic (exact) mass is 235 g/mol. The molecular formula is C12H21N5. The van der Waals surface area contributed by atoms with Crippen LogP contribution in [0.3, 0.4) is 0 Å². The van der Waals surface area contributed by atoms with Crippen molar-refractivity contribution < 1.29 is 0 Å². The van der Waals surface area contributed by atoms with E-state index in [4.69, 9.17) is 5.84 Å². The van der Waals surface area contributed by atoms with Crippen LogP contribution in [0.4, 0.5) is 11.6 Å². The van der Waals surface area contributed by atoms with Crippen molar-refractivity contribution in [3.05, 3.63) is 12.4 Å². The SMILES string of the molecule is CCC1CCCC(Nc2cncc(NN)n2)C1. The molecule has 1 saturated carbocycles. The smallest absolute Gasteiger partial charge is 0.160 e. The van der Waals surface area contributed by atoms with Crippen LogP contribution in [0, 0.1) is 5.92 Å². The summed E-state index contributed by atoms with van der Waals surface area (Å²) in [5.74, 6) is 7.57. The van der Waals surface area contributed by atoms with Gasteiger partial charge >= 0.3 is 0 Å². The number of nitrogens with one attached hydrogen (secondary N) is 2. The van der Waals surface area contributed by atoms with Gasteiger partial charge in [0.25, 0.3) is 0 Å². The van der Waals surface area contributed by atoms with Crippen LogP contribution in [0.25, 0.3) is 0 Å². The predicted octanol–water partition coefficient (Wildman–Crippen LogP) is 2.14. The van der Waals surface area contributed by atoms with E-state index in [9.17, 15) is 0 Å². The van der Waals surface area contributed by atoms with Gasteiger partial charge in [-0.05, 0) is 18.8 Å². The summed E-state index contributed by atoms with van der Waals surface area (Å²) < 4.78 is 0. The van der Waals surface area contributed by atoms with Crippen molar-refractivity contribution in [2.75, 3.05) is 10.7 Å². The molecule has 1 aromatic heterocycles. The first-order valence-electron chi connectivity index (χ1n) is 6.37. The van der Waals surface area contributed by atoms with Gasteiger partial charge in [0.1, 0.15) is 5.82 Å². The second kappa shape index (κ2) is 5.82. The molecule has 17 heavy (non-hydrogen) atoms. The van der Waals surface area contributed by atoms with Crippen molar-refractivity contribution in [3.8, 4) is 0 Å². The second-order valence-corrected chi connectivity index (χ2v) is 4.72. The molecule has 0 aliphatic heterocycles. The Balaban J connectivity index is 1.95. The fourth-order valence-electron chi connectivity index (χ4n) is 2.51. The molecule has 5 heteroatoms. The van der Waals surface area contributed by atoms with Gasteiger partial charge in [-0.15, -0.1) is 0 Å². The van der Waals surface area contributed by atoms with Crippen molar-refractivity contribution in [1.29, 1.82) is 0 Å². The number of nitrogen functional groups attached to an aromatic ring is 1. The Morgan fingerprint density at radius 1 is 1.35 bits per heavy atom. The Hall–Kier alpha value is -1.36. The van der Waals surface area contributed by atoms with E-state index in [1.165, 1.54) is 32.1 Å². The minimum Gasteiger partial charge on any atom is -0.366 e. The van der Waals surface area contributed by atoms with E-state index in [1.807, 2.05) is 0 Å². The molecule has 4 N–H and O–H groups in total. The maximum absolute atomic E-state index is 5.32. The number of hydrogen-bond donors (Lipinski definition) is 3. The molecule has 94 valence electrons. The topological polar surface area (TPSA) is 75.9 Å². The summed E-state index contributed by atoms with van der Waals surface area (Å²) in [6.07, 6.45) is 9.76. The maximum Gasteiger partial charge on any atom is 0.160 e. The Labute approximate surface area is 102 Å². The first-order valence-corrected chi connectivity index (χ1v) is 6.37. The molecule has 1 fully saturated rings. The van der Waals surface area contributed by atoms with Crippen LogP contribution in [0.15, 0.2) is 12.4 Å². The van der Waals surface area contributed by atoms with E-state index in [2.05, 4.69) is 27.6 Å². The van der Waals surface area contributed by atoms with E-state index < -0.39 is 0 Å².